The van der Waals surface area contributed by atoms with Crippen molar-refractivity contribution in [2.24, 2.45) is 4.99 Å². The van der Waals surface area contributed by atoms with Crippen LogP contribution in [0.1, 0.15) is 29.3 Å². The van der Waals surface area contributed by atoms with Crippen LogP contribution in [-0.4, -0.2) is 33.1 Å². The number of amides is 1. The molecule has 1 aromatic carbocycles. The number of fused-ring (bicyclic) bond motifs is 2. The van der Waals surface area contributed by atoms with Crippen LogP contribution in [0, 0.1) is 17.1 Å². The van der Waals surface area contributed by atoms with Gasteiger partial charge in [0.25, 0.3) is 11.5 Å². The topological polar surface area (TPSA) is 102 Å². The molecule has 0 saturated carbocycles. The molecule has 0 saturated heterocycles. The number of nitriles is 1. The summed E-state index contributed by atoms with van der Waals surface area (Å²) in [6.07, 6.45) is 2.12. The van der Waals surface area contributed by atoms with Gasteiger partial charge in [0.2, 0.25) is 0 Å². The van der Waals surface area contributed by atoms with Gasteiger partial charge in [-0.15, -0.1) is 0 Å². The number of carbonyl (C=O) groups is 1. The number of hydrogen-bond acceptors (Lipinski definition) is 5. The molecule has 3 aromatic heterocycles. The van der Waals surface area contributed by atoms with Gasteiger partial charge in [0.05, 0.1) is 16.5 Å². The number of pyridine rings is 2. The highest BCUT2D eigenvalue weighted by atomic mass is 19.1. The number of halogens is 1. The first-order valence-corrected chi connectivity index (χ1v) is 10.4. The number of aromatic nitrogens is 3. The van der Waals surface area contributed by atoms with Gasteiger partial charge >= 0.3 is 0 Å². The molecule has 4 aromatic rings. The lowest BCUT2D eigenvalue weighted by Gasteiger charge is -2.13. The number of hydrogen-bond donors (Lipinski definition) is 0. The van der Waals surface area contributed by atoms with Crippen LogP contribution in [0.2, 0.25) is 0 Å². The third-order valence-corrected chi connectivity index (χ3v) is 5.10. The van der Waals surface area contributed by atoms with Crippen LogP contribution in [0.3, 0.4) is 0 Å². The highest BCUT2D eigenvalue weighted by Gasteiger charge is 2.16. The van der Waals surface area contributed by atoms with Crippen molar-refractivity contribution in [2.45, 2.75) is 19.9 Å². The molecule has 0 fully saturated rings. The summed E-state index contributed by atoms with van der Waals surface area (Å²) in [5, 5.41) is 10.0. The van der Waals surface area contributed by atoms with E-state index in [2.05, 4.69) is 9.98 Å². The fourth-order valence-corrected chi connectivity index (χ4v) is 3.55. The lowest BCUT2D eigenvalue weighted by atomic mass is 10.2. The fraction of sp³-hybridized carbons (Fsp3) is 0.208. The zero-order valence-corrected chi connectivity index (χ0v) is 17.9. The third-order valence-electron chi connectivity index (χ3n) is 5.10. The van der Waals surface area contributed by atoms with Crippen LogP contribution in [-0.2, 0) is 11.3 Å². The lowest BCUT2D eigenvalue weighted by molar-refractivity contribution is 0.0993. The molecule has 0 N–H and O–H groups in total. The largest absolute Gasteiger partial charge is 0.382 e. The minimum atomic E-state index is -0.833. The first-order valence-electron chi connectivity index (χ1n) is 10.4. The molecule has 33 heavy (non-hydrogen) atoms. The van der Waals surface area contributed by atoms with Gasteiger partial charge in [0, 0.05) is 26.0 Å². The van der Waals surface area contributed by atoms with E-state index in [1.165, 1.54) is 34.7 Å². The van der Waals surface area contributed by atoms with E-state index < -0.39 is 11.7 Å². The molecule has 0 bridgehead atoms. The maximum Gasteiger partial charge on any atom is 0.281 e. The van der Waals surface area contributed by atoms with E-state index in [0.717, 1.165) is 0 Å². The van der Waals surface area contributed by atoms with Gasteiger partial charge < -0.3 is 9.30 Å². The zero-order valence-electron chi connectivity index (χ0n) is 17.9. The van der Waals surface area contributed by atoms with Crippen LogP contribution >= 0.6 is 0 Å². The highest BCUT2D eigenvalue weighted by molar-refractivity contribution is 5.95. The Bertz CT molecular complexity index is 1530. The second-order valence-corrected chi connectivity index (χ2v) is 7.18. The normalized spacial score (nSPS) is 11.7. The summed E-state index contributed by atoms with van der Waals surface area (Å²) in [5.74, 6) is -1.55. The van der Waals surface area contributed by atoms with Gasteiger partial charge in [0.1, 0.15) is 23.2 Å². The SMILES string of the molecule is CCOCCCn1c(=NC(=O)c2ccccc2F)c(C#N)cc2c(=O)n3ccccc3nc21. The zero-order chi connectivity index (χ0) is 23.4. The average molecular weight is 445 g/mol. The van der Waals surface area contributed by atoms with E-state index in [9.17, 15) is 19.2 Å². The predicted octanol–water partition coefficient (Wildman–Crippen LogP) is 2.83. The van der Waals surface area contributed by atoms with Crippen molar-refractivity contribution >= 4 is 22.6 Å². The maximum atomic E-state index is 14.2. The van der Waals surface area contributed by atoms with Crippen LogP contribution in [0.5, 0.6) is 0 Å². The first kappa shape index (κ1) is 22.0. The molecule has 0 radical (unpaired) electrons. The van der Waals surface area contributed by atoms with Crippen molar-refractivity contribution in [3.63, 3.8) is 0 Å². The molecule has 8 nitrogen and oxygen atoms in total. The molecule has 4 rings (SSSR count). The van der Waals surface area contributed by atoms with Crippen molar-refractivity contribution in [2.75, 3.05) is 13.2 Å². The van der Waals surface area contributed by atoms with Crippen LogP contribution in [0.4, 0.5) is 4.39 Å². The minimum absolute atomic E-state index is 0.0124. The minimum Gasteiger partial charge on any atom is -0.382 e. The second kappa shape index (κ2) is 9.54. The molecular weight excluding hydrogens is 425 g/mol. The Morgan fingerprint density at radius 2 is 2.03 bits per heavy atom. The predicted molar refractivity (Wildman–Crippen MR) is 119 cm³/mol. The summed E-state index contributed by atoms with van der Waals surface area (Å²) in [4.78, 5) is 34.6. The summed E-state index contributed by atoms with van der Waals surface area (Å²) < 4.78 is 22.5. The highest BCUT2D eigenvalue weighted by Crippen LogP contribution is 2.12. The van der Waals surface area contributed by atoms with Gasteiger partial charge in [0.15, 0.2) is 5.49 Å². The Kier molecular flexibility index (Phi) is 6.38. The van der Waals surface area contributed by atoms with Gasteiger partial charge in [-0.05, 0) is 43.7 Å². The Balaban J connectivity index is 2.02. The maximum absolute atomic E-state index is 14.2. The van der Waals surface area contributed by atoms with Gasteiger partial charge in [-0.2, -0.15) is 10.3 Å². The van der Waals surface area contributed by atoms with Gasteiger partial charge in [-0.3, -0.25) is 14.0 Å². The smallest absolute Gasteiger partial charge is 0.281 e. The van der Waals surface area contributed by atoms with Crippen molar-refractivity contribution in [1.82, 2.24) is 14.0 Å². The number of ether oxygens (including phenoxy) is 1. The quantitative estimate of drug-likeness (QED) is 0.336. The number of rotatable bonds is 6. The van der Waals surface area contributed by atoms with Crippen LogP contribution in [0.15, 0.2) is 64.5 Å². The number of benzene rings is 1. The average Bonchev–Trinajstić information content (AvgIpc) is 2.83. The Morgan fingerprint density at radius 1 is 1.24 bits per heavy atom. The summed E-state index contributed by atoms with van der Waals surface area (Å²) in [6, 6.07) is 14.0. The van der Waals surface area contributed by atoms with E-state index in [1.807, 2.05) is 13.0 Å². The molecule has 0 aliphatic carbocycles. The molecule has 0 unspecified atom stereocenters. The second-order valence-electron chi connectivity index (χ2n) is 7.18. The van der Waals surface area contributed by atoms with Crippen molar-refractivity contribution in [3.8, 4) is 6.07 Å². The van der Waals surface area contributed by atoms with E-state index in [1.54, 1.807) is 29.0 Å². The molecule has 1 amide bonds. The first-order chi connectivity index (χ1) is 16.0. The monoisotopic (exact) mass is 445 g/mol. The molecule has 0 aliphatic rings. The van der Waals surface area contributed by atoms with E-state index >= 15 is 0 Å². The summed E-state index contributed by atoms with van der Waals surface area (Å²) in [7, 11) is 0. The number of carbonyl (C=O) groups excluding carboxylic acids is 1. The van der Waals surface area contributed by atoms with E-state index in [0.29, 0.717) is 25.3 Å². The fourth-order valence-electron chi connectivity index (χ4n) is 3.55. The Hall–Kier alpha value is -4.16. The van der Waals surface area contributed by atoms with Crippen LogP contribution in [0.25, 0.3) is 16.7 Å². The number of aryl methyl sites for hydroxylation is 1. The van der Waals surface area contributed by atoms with Gasteiger partial charge in [-0.1, -0.05) is 18.2 Å². The van der Waals surface area contributed by atoms with Crippen molar-refractivity contribution < 1.29 is 13.9 Å². The summed E-state index contributed by atoms with van der Waals surface area (Å²) in [5.41, 5.74) is 0.151. The van der Waals surface area contributed by atoms with Crippen molar-refractivity contribution in [1.29, 1.82) is 5.26 Å². The Labute approximate surface area is 187 Å². The molecule has 9 heteroatoms. The standard InChI is InChI=1S/C24H20FN5O3/c1-2-33-13-7-12-30-21(28-23(31)17-8-3-4-9-19(17)25)16(15-26)14-18-22(30)27-20-10-5-6-11-29(20)24(18)32/h3-6,8-11,14H,2,7,12-13H2,1H3. The lowest BCUT2D eigenvalue weighted by Crippen LogP contribution is -2.30. The molecule has 166 valence electrons. The van der Waals surface area contributed by atoms with Crippen molar-refractivity contribution in [3.05, 3.63) is 87.5 Å². The summed E-state index contributed by atoms with van der Waals surface area (Å²) >= 11 is 0. The van der Waals surface area contributed by atoms with E-state index in [-0.39, 0.29) is 39.8 Å². The number of nitrogens with zero attached hydrogens (tertiary/aromatic N) is 5. The molecular formula is C24H20FN5O3. The Morgan fingerprint density at radius 3 is 2.79 bits per heavy atom. The van der Waals surface area contributed by atoms with Crippen LogP contribution < -0.4 is 11.0 Å². The molecule has 3 heterocycles. The molecule has 0 spiro atoms. The van der Waals surface area contributed by atoms with E-state index in [4.69, 9.17) is 4.74 Å². The molecule has 0 atom stereocenters. The van der Waals surface area contributed by atoms with Gasteiger partial charge in [-0.25, -0.2) is 9.37 Å². The third kappa shape index (κ3) is 4.29. The summed E-state index contributed by atoms with van der Waals surface area (Å²) in [6.45, 7) is 3.12. The molecule has 0 aliphatic heterocycles.